The van der Waals surface area contributed by atoms with Crippen LogP contribution in [-0.4, -0.2) is 18.6 Å². The number of hydrogen-bond donors (Lipinski definition) is 0. The van der Waals surface area contributed by atoms with Gasteiger partial charge in [0.1, 0.15) is 11.5 Å². The average Bonchev–Trinajstić information content (AvgIpc) is 2.35. The first-order valence-electron chi connectivity index (χ1n) is 6.29. The third kappa shape index (κ3) is 5.01. The maximum Gasteiger partial charge on any atom is 0.127 e. The summed E-state index contributed by atoms with van der Waals surface area (Å²) in [6.45, 7) is 8.49. The Labute approximate surface area is 115 Å². The molecule has 0 bridgehead atoms. The van der Waals surface area contributed by atoms with E-state index in [4.69, 9.17) is 21.1 Å². The summed E-state index contributed by atoms with van der Waals surface area (Å²) in [7, 11) is 0. The molecule has 1 rings (SSSR count). The molecule has 1 aromatic carbocycles. The van der Waals surface area contributed by atoms with Crippen LogP contribution in [0.1, 0.15) is 32.3 Å². The van der Waals surface area contributed by atoms with Gasteiger partial charge < -0.3 is 9.47 Å². The molecule has 0 heterocycles. The summed E-state index contributed by atoms with van der Waals surface area (Å²) in [5.41, 5.74) is 0.957. The Hall–Kier alpha value is -1.15. The Kier molecular flexibility index (Phi) is 6.66. The summed E-state index contributed by atoms with van der Waals surface area (Å²) >= 11 is 5.61. The molecule has 0 aliphatic heterocycles. The number of unbranched alkanes of at least 4 members (excludes halogenated alkanes) is 1. The molecule has 0 saturated carbocycles. The van der Waals surface area contributed by atoms with Gasteiger partial charge in [-0.25, -0.2) is 0 Å². The molecule has 0 spiro atoms. The van der Waals surface area contributed by atoms with Crippen molar-refractivity contribution in [2.45, 2.75) is 32.8 Å². The van der Waals surface area contributed by atoms with Gasteiger partial charge in [0, 0.05) is 11.4 Å². The zero-order chi connectivity index (χ0) is 13.4. The number of benzene rings is 1. The molecule has 3 heteroatoms. The molecule has 0 aliphatic rings. The van der Waals surface area contributed by atoms with Crippen LogP contribution in [-0.2, 0) is 0 Å². The molecule has 0 atom stereocenters. The molecule has 2 nitrogen and oxygen atoms in total. The molecule has 0 unspecified atom stereocenters. The van der Waals surface area contributed by atoms with E-state index in [1.165, 1.54) is 0 Å². The van der Waals surface area contributed by atoms with Crippen molar-refractivity contribution in [3.8, 4) is 11.5 Å². The van der Waals surface area contributed by atoms with E-state index < -0.39 is 0 Å². The van der Waals surface area contributed by atoms with Crippen molar-refractivity contribution in [1.29, 1.82) is 0 Å². The molecule has 0 aromatic heterocycles. The molecule has 0 amide bonds. The van der Waals surface area contributed by atoms with Gasteiger partial charge in [0.15, 0.2) is 0 Å². The zero-order valence-corrected chi connectivity index (χ0v) is 11.9. The molecule has 100 valence electrons. The van der Waals surface area contributed by atoms with Crippen LogP contribution in [0.25, 0.3) is 6.08 Å². The van der Waals surface area contributed by atoms with Gasteiger partial charge in [-0.15, -0.1) is 11.6 Å². The first kappa shape index (κ1) is 14.9. The van der Waals surface area contributed by atoms with Gasteiger partial charge >= 0.3 is 0 Å². The van der Waals surface area contributed by atoms with Gasteiger partial charge in [0.05, 0.1) is 12.7 Å². The average molecular weight is 269 g/mol. The summed E-state index contributed by atoms with van der Waals surface area (Å²) in [5.74, 6) is 2.37. The maximum absolute atomic E-state index is 5.69. The molecule has 1 aromatic rings. The summed E-state index contributed by atoms with van der Waals surface area (Å²) in [6.07, 6.45) is 3.88. The minimum Gasteiger partial charge on any atom is -0.494 e. The van der Waals surface area contributed by atoms with Gasteiger partial charge in [-0.3, -0.25) is 0 Å². The van der Waals surface area contributed by atoms with Gasteiger partial charge in [-0.2, -0.15) is 0 Å². The second-order valence-corrected chi connectivity index (χ2v) is 4.69. The van der Waals surface area contributed by atoms with E-state index >= 15 is 0 Å². The van der Waals surface area contributed by atoms with Gasteiger partial charge in [0.25, 0.3) is 0 Å². The summed E-state index contributed by atoms with van der Waals surface area (Å²) < 4.78 is 11.3. The fourth-order valence-corrected chi connectivity index (χ4v) is 1.71. The number of hydrogen-bond acceptors (Lipinski definition) is 2. The summed E-state index contributed by atoms with van der Waals surface area (Å²) in [6, 6.07) is 5.80. The fraction of sp³-hybridized carbons (Fsp3) is 0.467. The number of rotatable bonds is 8. The highest BCUT2D eigenvalue weighted by molar-refractivity contribution is 6.17. The van der Waals surface area contributed by atoms with E-state index in [1.54, 1.807) is 6.08 Å². The molecule has 0 fully saturated rings. The van der Waals surface area contributed by atoms with Crippen LogP contribution in [0.4, 0.5) is 0 Å². The van der Waals surface area contributed by atoms with Gasteiger partial charge in [-0.1, -0.05) is 12.7 Å². The first-order valence-corrected chi connectivity index (χ1v) is 6.82. The quantitative estimate of drug-likeness (QED) is 0.510. The van der Waals surface area contributed by atoms with Crippen LogP contribution in [0.3, 0.4) is 0 Å². The predicted octanol–water partition coefficient (Wildman–Crippen LogP) is 4.51. The van der Waals surface area contributed by atoms with Crippen molar-refractivity contribution < 1.29 is 9.47 Å². The van der Waals surface area contributed by atoms with Crippen LogP contribution in [0.2, 0.25) is 0 Å². The maximum atomic E-state index is 5.69. The minimum atomic E-state index is 0.152. The SMILES string of the molecule is C=Cc1cc(OCCCCCl)ccc1OC(C)C. The van der Waals surface area contributed by atoms with Crippen molar-refractivity contribution in [2.24, 2.45) is 0 Å². The van der Waals surface area contributed by atoms with E-state index in [0.717, 1.165) is 29.9 Å². The summed E-state index contributed by atoms with van der Waals surface area (Å²) in [5, 5.41) is 0. The van der Waals surface area contributed by atoms with Gasteiger partial charge in [0.2, 0.25) is 0 Å². The van der Waals surface area contributed by atoms with E-state index in [0.29, 0.717) is 12.5 Å². The lowest BCUT2D eigenvalue weighted by molar-refractivity contribution is 0.241. The minimum absolute atomic E-state index is 0.152. The highest BCUT2D eigenvalue weighted by atomic mass is 35.5. The van der Waals surface area contributed by atoms with Gasteiger partial charge in [-0.05, 0) is 44.9 Å². The van der Waals surface area contributed by atoms with Crippen molar-refractivity contribution >= 4 is 17.7 Å². The largest absolute Gasteiger partial charge is 0.494 e. The molecule has 18 heavy (non-hydrogen) atoms. The van der Waals surface area contributed by atoms with Crippen molar-refractivity contribution in [3.63, 3.8) is 0 Å². The first-order chi connectivity index (χ1) is 8.67. The molecule has 0 radical (unpaired) electrons. The third-order valence-electron chi connectivity index (χ3n) is 2.36. The van der Waals surface area contributed by atoms with Crippen molar-refractivity contribution in [2.75, 3.05) is 12.5 Å². The van der Waals surface area contributed by atoms with Crippen LogP contribution in [0.15, 0.2) is 24.8 Å². The monoisotopic (exact) mass is 268 g/mol. The second-order valence-electron chi connectivity index (χ2n) is 4.31. The standard InChI is InChI=1S/C15H21ClO2/c1-4-13-11-14(17-10-6-5-9-16)7-8-15(13)18-12(2)3/h4,7-8,11-12H,1,5-6,9-10H2,2-3H3. The third-order valence-corrected chi connectivity index (χ3v) is 2.63. The van der Waals surface area contributed by atoms with Crippen LogP contribution < -0.4 is 9.47 Å². The Balaban J connectivity index is 2.63. The van der Waals surface area contributed by atoms with E-state index in [-0.39, 0.29) is 6.10 Å². The Morgan fingerprint density at radius 2 is 2.11 bits per heavy atom. The molecular weight excluding hydrogens is 248 g/mol. The Morgan fingerprint density at radius 3 is 2.72 bits per heavy atom. The normalized spacial score (nSPS) is 10.4. The fourth-order valence-electron chi connectivity index (χ4n) is 1.52. The zero-order valence-electron chi connectivity index (χ0n) is 11.1. The highest BCUT2D eigenvalue weighted by Gasteiger charge is 2.05. The summed E-state index contributed by atoms with van der Waals surface area (Å²) in [4.78, 5) is 0. The molecule has 0 N–H and O–H groups in total. The number of alkyl halides is 1. The van der Waals surface area contributed by atoms with Crippen molar-refractivity contribution in [3.05, 3.63) is 30.3 Å². The van der Waals surface area contributed by atoms with E-state index in [2.05, 4.69) is 6.58 Å². The highest BCUT2D eigenvalue weighted by Crippen LogP contribution is 2.26. The lowest BCUT2D eigenvalue weighted by Gasteiger charge is -2.14. The van der Waals surface area contributed by atoms with Crippen molar-refractivity contribution in [1.82, 2.24) is 0 Å². The smallest absolute Gasteiger partial charge is 0.127 e. The second kappa shape index (κ2) is 8.04. The number of ether oxygens (including phenoxy) is 2. The predicted molar refractivity (Wildman–Crippen MR) is 77.7 cm³/mol. The Bertz CT molecular complexity index is 375. The molecule has 0 saturated heterocycles. The topological polar surface area (TPSA) is 18.5 Å². The van der Waals surface area contributed by atoms with E-state index in [9.17, 15) is 0 Å². The van der Waals surface area contributed by atoms with E-state index in [1.807, 2.05) is 32.0 Å². The Morgan fingerprint density at radius 1 is 1.33 bits per heavy atom. The lowest BCUT2D eigenvalue weighted by atomic mass is 10.2. The van der Waals surface area contributed by atoms with Crippen LogP contribution in [0.5, 0.6) is 11.5 Å². The number of halogens is 1. The molecular formula is C15H21ClO2. The van der Waals surface area contributed by atoms with Crippen LogP contribution >= 0.6 is 11.6 Å². The van der Waals surface area contributed by atoms with Crippen LogP contribution in [0, 0.1) is 0 Å². The lowest BCUT2D eigenvalue weighted by Crippen LogP contribution is -2.06. The molecule has 0 aliphatic carbocycles.